The van der Waals surface area contributed by atoms with Crippen LogP contribution in [0.25, 0.3) is 5.69 Å². The van der Waals surface area contributed by atoms with Gasteiger partial charge in [0.15, 0.2) is 6.61 Å². The second-order valence-electron chi connectivity index (χ2n) is 7.28. The number of aromatic nitrogens is 3. The van der Waals surface area contributed by atoms with Crippen molar-refractivity contribution in [1.29, 1.82) is 0 Å². The third-order valence-corrected chi connectivity index (χ3v) is 5.02. The monoisotopic (exact) mass is 412 g/mol. The van der Waals surface area contributed by atoms with Crippen LogP contribution in [-0.4, -0.2) is 27.3 Å². The zero-order chi connectivity index (χ0) is 21.5. The molecule has 1 aromatic heterocycles. The number of rotatable bonds is 8. The molecular formula is C25H24N4O2. The van der Waals surface area contributed by atoms with Gasteiger partial charge < -0.3 is 10.1 Å². The molecule has 1 amide bonds. The van der Waals surface area contributed by atoms with Crippen molar-refractivity contribution >= 4 is 5.91 Å². The van der Waals surface area contributed by atoms with Gasteiger partial charge >= 0.3 is 0 Å². The topological polar surface area (TPSA) is 69.0 Å². The van der Waals surface area contributed by atoms with E-state index in [1.165, 1.54) is 11.9 Å². The second kappa shape index (κ2) is 9.71. The van der Waals surface area contributed by atoms with Crippen LogP contribution in [-0.2, 0) is 11.2 Å². The van der Waals surface area contributed by atoms with Crippen molar-refractivity contribution in [1.82, 2.24) is 20.1 Å². The summed E-state index contributed by atoms with van der Waals surface area (Å²) in [5, 5.41) is 7.11. The highest BCUT2D eigenvalue weighted by Gasteiger charge is 2.12. The Balaban J connectivity index is 1.33. The SMILES string of the molecule is CC(NC(=O)COc1ccccc1Cc1ccccc1)c1ccc(-n2cncn2)cc1. The van der Waals surface area contributed by atoms with E-state index in [1.807, 2.05) is 73.7 Å². The summed E-state index contributed by atoms with van der Waals surface area (Å²) in [5.41, 5.74) is 4.17. The zero-order valence-corrected chi connectivity index (χ0v) is 17.3. The van der Waals surface area contributed by atoms with Crippen LogP contribution in [0, 0.1) is 0 Å². The summed E-state index contributed by atoms with van der Waals surface area (Å²) in [4.78, 5) is 16.4. The molecule has 3 aromatic carbocycles. The fourth-order valence-electron chi connectivity index (χ4n) is 3.37. The predicted octanol–water partition coefficient (Wildman–Crippen LogP) is 4.11. The second-order valence-corrected chi connectivity index (χ2v) is 7.28. The standard InChI is InChI=1S/C25H24N4O2/c1-19(21-11-13-23(14-12-21)29-18-26-17-27-29)28-25(30)16-31-24-10-6-5-9-22(24)15-20-7-3-2-4-8-20/h2-14,17-19H,15-16H2,1H3,(H,28,30). The lowest BCUT2D eigenvalue weighted by atomic mass is 10.0. The van der Waals surface area contributed by atoms with E-state index < -0.39 is 0 Å². The highest BCUT2D eigenvalue weighted by Crippen LogP contribution is 2.21. The van der Waals surface area contributed by atoms with Gasteiger partial charge in [0.1, 0.15) is 18.4 Å². The maximum Gasteiger partial charge on any atom is 0.258 e. The molecular weight excluding hydrogens is 388 g/mol. The Bertz CT molecular complexity index is 1110. The largest absolute Gasteiger partial charge is 0.483 e. The number of ether oxygens (including phenoxy) is 1. The first kappa shape index (κ1) is 20.3. The van der Waals surface area contributed by atoms with Gasteiger partial charge in [-0.1, -0.05) is 60.7 Å². The first-order chi connectivity index (χ1) is 15.2. The van der Waals surface area contributed by atoms with E-state index in [4.69, 9.17) is 4.74 Å². The van der Waals surface area contributed by atoms with Crippen LogP contribution in [0.15, 0.2) is 91.5 Å². The molecule has 0 saturated heterocycles. The number of hydrogen-bond acceptors (Lipinski definition) is 4. The zero-order valence-electron chi connectivity index (χ0n) is 17.3. The minimum absolute atomic E-state index is 0.0345. The molecule has 0 spiro atoms. The van der Waals surface area contributed by atoms with Gasteiger partial charge in [-0.2, -0.15) is 5.10 Å². The fraction of sp³-hybridized carbons (Fsp3) is 0.160. The van der Waals surface area contributed by atoms with Crippen molar-refractivity contribution in [2.75, 3.05) is 6.61 Å². The van der Waals surface area contributed by atoms with E-state index in [1.54, 1.807) is 11.0 Å². The minimum Gasteiger partial charge on any atom is -0.483 e. The molecule has 6 heteroatoms. The van der Waals surface area contributed by atoms with Crippen LogP contribution in [0.2, 0.25) is 0 Å². The molecule has 4 rings (SSSR count). The first-order valence-corrected chi connectivity index (χ1v) is 10.2. The summed E-state index contributed by atoms with van der Waals surface area (Å²) in [6.07, 6.45) is 3.90. The van der Waals surface area contributed by atoms with Crippen LogP contribution in [0.1, 0.15) is 29.7 Å². The molecule has 1 unspecified atom stereocenters. The van der Waals surface area contributed by atoms with Gasteiger partial charge in [-0.05, 0) is 41.8 Å². The highest BCUT2D eigenvalue weighted by molar-refractivity contribution is 5.78. The number of nitrogens with one attached hydrogen (secondary N) is 1. The van der Waals surface area contributed by atoms with Gasteiger partial charge in [-0.15, -0.1) is 0 Å². The number of hydrogen-bond donors (Lipinski definition) is 1. The van der Waals surface area contributed by atoms with Crippen molar-refractivity contribution < 1.29 is 9.53 Å². The maximum absolute atomic E-state index is 12.5. The van der Waals surface area contributed by atoms with E-state index in [9.17, 15) is 4.79 Å². The van der Waals surface area contributed by atoms with E-state index in [0.29, 0.717) is 0 Å². The van der Waals surface area contributed by atoms with Crippen LogP contribution < -0.4 is 10.1 Å². The summed E-state index contributed by atoms with van der Waals surface area (Å²) < 4.78 is 7.53. The predicted molar refractivity (Wildman–Crippen MR) is 119 cm³/mol. The van der Waals surface area contributed by atoms with Crippen LogP contribution >= 0.6 is 0 Å². The molecule has 31 heavy (non-hydrogen) atoms. The maximum atomic E-state index is 12.5. The molecule has 0 aliphatic rings. The van der Waals surface area contributed by atoms with Crippen LogP contribution in [0.3, 0.4) is 0 Å². The fourth-order valence-corrected chi connectivity index (χ4v) is 3.37. The Morgan fingerprint density at radius 2 is 1.74 bits per heavy atom. The van der Waals surface area contributed by atoms with E-state index in [0.717, 1.165) is 29.0 Å². The third-order valence-electron chi connectivity index (χ3n) is 5.02. The number of para-hydroxylation sites is 1. The Labute approximate surface area is 181 Å². The molecule has 0 radical (unpaired) electrons. The molecule has 1 N–H and O–H groups in total. The van der Waals surface area contributed by atoms with Gasteiger partial charge in [0.25, 0.3) is 5.91 Å². The van der Waals surface area contributed by atoms with Gasteiger partial charge in [-0.25, -0.2) is 9.67 Å². The number of carbonyl (C=O) groups excluding carboxylic acids is 1. The summed E-state index contributed by atoms with van der Waals surface area (Å²) >= 11 is 0. The molecule has 0 aliphatic carbocycles. The van der Waals surface area contributed by atoms with E-state index >= 15 is 0 Å². The van der Waals surface area contributed by atoms with Crippen molar-refractivity contribution in [3.05, 3.63) is 108 Å². The average Bonchev–Trinajstić information content (AvgIpc) is 3.34. The molecule has 4 aromatic rings. The van der Waals surface area contributed by atoms with Gasteiger partial charge in [0.2, 0.25) is 0 Å². The molecule has 1 atom stereocenters. The number of benzene rings is 3. The highest BCUT2D eigenvalue weighted by atomic mass is 16.5. The van der Waals surface area contributed by atoms with Gasteiger partial charge in [0.05, 0.1) is 11.7 Å². The lowest BCUT2D eigenvalue weighted by Crippen LogP contribution is -2.31. The Hall–Kier alpha value is -3.93. The Morgan fingerprint density at radius 3 is 2.48 bits per heavy atom. The number of carbonyl (C=O) groups is 1. The van der Waals surface area contributed by atoms with Gasteiger partial charge in [0, 0.05) is 6.42 Å². The average molecular weight is 412 g/mol. The summed E-state index contributed by atoms with van der Waals surface area (Å²) in [6, 6.07) is 25.7. The molecule has 0 aliphatic heterocycles. The summed E-state index contributed by atoms with van der Waals surface area (Å²) in [6.45, 7) is 1.92. The normalized spacial score (nSPS) is 11.6. The molecule has 156 valence electrons. The molecule has 6 nitrogen and oxygen atoms in total. The summed E-state index contributed by atoms with van der Waals surface area (Å²) in [7, 11) is 0. The van der Waals surface area contributed by atoms with Crippen LogP contribution in [0.5, 0.6) is 5.75 Å². The van der Waals surface area contributed by atoms with E-state index in [-0.39, 0.29) is 18.6 Å². The molecule has 1 heterocycles. The lowest BCUT2D eigenvalue weighted by Gasteiger charge is -2.16. The van der Waals surface area contributed by atoms with Crippen LogP contribution in [0.4, 0.5) is 0 Å². The molecule has 0 fully saturated rings. The third kappa shape index (κ3) is 5.36. The summed E-state index contributed by atoms with van der Waals surface area (Å²) in [5.74, 6) is 0.564. The molecule has 0 saturated carbocycles. The Kier molecular flexibility index (Phi) is 6.38. The van der Waals surface area contributed by atoms with Crippen molar-refractivity contribution in [2.45, 2.75) is 19.4 Å². The number of amides is 1. The van der Waals surface area contributed by atoms with Crippen molar-refractivity contribution in [2.24, 2.45) is 0 Å². The Morgan fingerprint density at radius 1 is 1.00 bits per heavy atom. The first-order valence-electron chi connectivity index (χ1n) is 10.2. The van der Waals surface area contributed by atoms with E-state index in [2.05, 4.69) is 27.5 Å². The smallest absolute Gasteiger partial charge is 0.258 e. The van der Waals surface area contributed by atoms with Crippen molar-refractivity contribution in [3.8, 4) is 11.4 Å². The lowest BCUT2D eigenvalue weighted by molar-refractivity contribution is -0.123. The van der Waals surface area contributed by atoms with Crippen molar-refractivity contribution in [3.63, 3.8) is 0 Å². The van der Waals surface area contributed by atoms with Gasteiger partial charge in [-0.3, -0.25) is 4.79 Å². The number of nitrogens with zero attached hydrogens (tertiary/aromatic N) is 3. The minimum atomic E-state index is -0.164. The molecule has 0 bridgehead atoms. The quantitative estimate of drug-likeness (QED) is 0.473.